The zero-order chi connectivity index (χ0) is 4.28. The van der Waals surface area contributed by atoms with E-state index in [1.54, 1.807) is 0 Å². The maximum atomic E-state index is 10.7. The highest BCUT2D eigenvalue weighted by atomic mass is 31.0. The summed E-state index contributed by atoms with van der Waals surface area (Å²) in [7, 11) is 1.94. The molecule has 0 aliphatic carbocycles. The second kappa shape index (κ2) is 2.52. The molecule has 0 heterocycles. The fourth-order valence-electron chi connectivity index (χ4n) is 0. The lowest BCUT2D eigenvalue weighted by Crippen LogP contribution is -1.86. The van der Waals surface area contributed by atoms with E-state index in [-0.39, 0.29) is 6.16 Å². The van der Waals surface area contributed by atoms with Gasteiger partial charge in [0.2, 0.25) is 6.43 Å². The fraction of sp³-hybridized carbons (Fsp3) is 1.00. The third kappa shape index (κ3) is 4.29. The van der Waals surface area contributed by atoms with Crippen LogP contribution in [0.25, 0.3) is 0 Å². The highest BCUT2D eigenvalue weighted by Crippen LogP contribution is 1.94. The van der Waals surface area contributed by atoms with Gasteiger partial charge in [-0.2, -0.15) is 0 Å². The molecule has 3 heteroatoms. The third-order valence-electron chi connectivity index (χ3n) is 0.178. The van der Waals surface area contributed by atoms with Gasteiger partial charge in [-0.25, -0.2) is 8.78 Å². The lowest BCUT2D eigenvalue weighted by atomic mass is 10.9. The second-order valence-corrected chi connectivity index (χ2v) is 1.10. The molecule has 0 N–H and O–H groups in total. The van der Waals surface area contributed by atoms with Crippen LogP contribution >= 0.6 is 9.24 Å². The molecule has 0 saturated carbocycles. The number of hydrogen-bond acceptors (Lipinski definition) is 0. The van der Waals surface area contributed by atoms with Crippen molar-refractivity contribution in [3.63, 3.8) is 0 Å². The molecule has 0 saturated heterocycles. The van der Waals surface area contributed by atoms with Crippen molar-refractivity contribution in [1.82, 2.24) is 0 Å². The van der Waals surface area contributed by atoms with Crippen LogP contribution in [0.15, 0.2) is 0 Å². The monoisotopic (exact) mass is 98.0 g/mol. The molecule has 0 fully saturated rings. The first-order chi connectivity index (χ1) is 2.27. The lowest BCUT2D eigenvalue weighted by Gasteiger charge is -1.81. The summed E-state index contributed by atoms with van der Waals surface area (Å²) in [5.41, 5.74) is 0. The molecule has 5 heavy (non-hydrogen) atoms. The molecule has 0 spiro atoms. The summed E-state index contributed by atoms with van der Waals surface area (Å²) in [6, 6.07) is 0. The fourth-order valence-corrected chi connectivity index (χ4v) is 0. The minimum absolute atomic E-state index is 0.111. The molecule has 0 aliphatic heterocycles. The predicted molar refractivity (Wildman–Crippen MR) is 20.6 cm³/mol. The molecule has 32 valence electrons. The Bertz CT molecular complexity index is 21.6. The van der Waals surface area contributed by atoms with Crippen LogP contribution < -0.4 is 0 Å². The molecule has 0 amide bonds. The standard InChI is InChI=1S/C2H5F2P/c3-2(4)1-5/h2H,1,5H2. The van der Waals surface area contributed by atoms with Crippen molar-refractivity contribution < 1.29 is 8.78 Å². The second-order valence-electron chi connectivity index (χ2n) is 0.627. The smallest absolute Gasteiger partial charge is 0.210 e. The summed E-state index contributed by atoms with van der Waals surface area (Å²) < 4.78 is 21.5. The van der Waals surface area contributed by atoms with Crippen LogP contribution in [-0.4, -0.2) is 12.6 Å². The summed E-state index contributed by atoms with van der Waals surface area (Å²) in [5.74, 6) is 0. The Morgan fingerprint density at radius 3 is 1.80 bits per heavy atom. The number of hydrogen-bond donors (Lipinski definition) is 0. The van der Waals surface area contributed by atoms with E-state index in [1.165, 1.54) is 0 Å². The van der Waals surface area contributed by atoms with E-state index in [9.17, 15) is 8.78 Å². The van der Waals surface area contributed by atoms with Gasteiger partial charge in [0.05, 0.1) is 0 Å². The first-order valence-electron chi connectivity index (χ1n) is 1.25. The van der Waals surface area contributed by atoms with E-state index in [0.29, 0.717) is 0 Å². The van der Waals surface area contributed by atoms with Crippen LogP contribution in [0, 0.1) is 0 Å². The molecule has 0 aromatic rings. The largest absolute Gasteiger partial charge is 0.242 e. The summed E-state index contributed by atoms with van der Waals surface area (Å²) in [6.45, 7) is 0. The van der Waals surface area contributed by atoms with Crippen molar-refractivity contribution in [2.24, 2.45) is 0 Å². The molecule has 0 nitrogen and oxygen atoms in total. The Kier molecular flexibility index (Phi) is 2.67. The topological polar surface area (TPSA) is 0 Å². The van der Waals surface area contributed by atoms with Gasteiger partial charge in [0.15, 0.2) is 0 Å². The molecule has 1 unspecified atom stereocenters. The minimum Gasteiger partial charge on any atom is -0.210 e. The van der Waals surface area contributed by atoms with E-state index < -0.39 is 6.43 Å². The molecular weight excluding hydrogens is 93.0 g/mol. The van der Waals surface area contributed by atoms with Crippen molar-refractivity contribution in [2.75, 3.05) is 6.16 Å². The van der Waals surface area contributed by atoms with Crippen molar-refractivity contribution in [2.45, 2.75) is 6.43 Å². The van der Waals surface area contributed by atoms with E-state index in [4.69, 9.17) is 0 Å². The highest BCUT2D eigenvalue weighted by molar-refractivity contribution is 7.16. The molecule has 0 rings (SSSR count). The molecule has 0 aliphatic rings. The van der Waals surface area contributed by atoms with Gasteiger partial charge >= 0.3 is 0 Å². The normalized spacial score (nSPS) is 9.60. The molecule has 0 aromatic carbocycles. The van der Waals surface area contributed by atoms with Crippen LogP contribution in [0.5, 0.6) is 0 Å². The summed E-state index contributed by atoms with van der Waals surface area (Å²) >= 11 is 0. The maximum absolute atomic E-state index is 10.7. The zero-order valence-electron chi connectivity index (χ0n) is 2.62. The Morgan fingerprint density at radius 1 is 1.60 bits per heavy atom. The van der Waals surface area contributed by atoms with Gasteiger partial charge in [-0.15, -0.1) is 9.24 Å². The number of rotatable bonds is 1. The van der Waals surface area contributed by atoms with Crippen molar-refractivity contribution in [3.8, 4) is 0 Å². The molecule has 0 bridgehead atoms. The SMILES string of the molecule is FC(F)CP. The van der Waals surface area contributed by atoms with E-state index in [0.717, 1.165) is 0 Å². The van der Waals surface area contributed by atoms with Gasteiger partial charge in [0, 0.05) is 6.16 Å². The Morgan fingerprint density at radius 2 is 1.80 bits per heavy atom. The Balaban J connectivity index is 2.54. The van der Waals surface area contributed by atoms with Crippen LogP contribution in [0.4, 0.5) is 8.78 Å². The summed E-state index contributed by atoms with van der Waals surface area (Å²) in [4.78, 5) is 0. The van der Waals surface area contributed by atoms with Crippen LogP contribution in [0.2, 0.25) is 0 Å². The lowest BCUT2D eigenvalue weighted by molar-refractivity contribution is 0.176. The van der Waals surface area contributed by atoms with Crippen LogP contribution in [-0.2, 0) is 0 Å². The van der Waals surface area contributed by atoms with Gasteiger partial charge in [-0.05, 0) is 0 Å². The first-order valence-corrected chi connectivity index (χ1v) is 2.07. The molecule has 0 radical (unpaired) electrons. The quantitative estimate of drug-likeness (QED) is 0.431. The third-order valence-corrected chi connectivity index (χ3v) is 0.535. The molecular formula is C2H5F2P. The molecule has 0 aromatic heterocycles. The minimum atomic E-state index is -2.15. The number of halogens is 2. The van der Waals surface area contributed by atoms with E-state index in [1.807, 2.05) is 9.24 Å². The van der Waals surface area contributed by atoms with Crippen LogP contribution in [0.1, 0.15) is 0 Å². The van der Waals surface area contributed by atoms with Crippen molar-refractivity contribution in [1.29, 1.82) is 0 Å². The predicted octanol–water partition coefficient (Wildman–Crippen LogP) is 1.13. The Labute approximate surface area is 31.8 Å². The summed E-state index contributed by atoms with van der Waals surface area (Å²) in [6.07, 6.45) is -2.26. The van der Waals surface area contributed by atoms with E-state index >= 15 is 0 Å². The van der Waals surface area contributed by atoms with E-state index in [2.05, 4.69) is 0 Å². The van der Waals surface area contributed by atoms with Gasteiger partial charge in [-0.3, -0.25) is 0 Å². The summed E-state index contributed by atoms with van der Waals surface area (Å²) in [5, 5.41) is 0. The van der Waals surface area contributed by atoms with Gasteiger partial charge in [0.1, 0.15) is 0 Å². The zero-order valence-corrected chi connectivity index (χ0v) is 3.77. The van der Waals surface area contributed by atoms with Gasteiger partial charge in [0.25, 0.3) is 0 Å². The van der Waals surface area contributed by atoms with Crippen molar-refractivity contribution >= 4 is 9.24 Å². The Hall–Kier alpha value is 0.290. The van der Waals surface area contributed by atoms with Crippen molar-refractivity contribution in [3.05, 3.63) is 0 Å². The molecule has 1 atom stereocenters. The number of alkyl halides is 2. The average molecular weight is 98.0 g/mol. The van der Waals surface area contributed by atoms with Crippen LogP contribution in [0.3, 0.4) is 0 Å². The highest BCUT2D eigenvalue weighted by Gasteiger charge is 1.91. The first kappa shape index (κ1) is 5.29. The maximum Gasteiger partial charge on any atom is 0.242 e. The average Bonchev–Trinajstić information content (AvgIpc) is 1.38. The van der Waals surface area contributed by atoms with Gasteiger partial charge in [-0.1, -0.05) is 0 Å². The van der Waals surface area contributed by atoms with Gasteiger partial charge < -0.3 is 0 Å².